The number of benzene rings is 1. The van der Waals surface area contributed by atoms with E-state index in [1.807, 2.05) is 0 Å². The Labute approximate surface area is 105 Å². The van der Waals surface area contributed by atoms with Crippen molar-refractivity contribution in [1.29, 1.82) is 0 Å². The molecule has 2 aliphatic rings. The predicted molar refractivity (Wildman–Crippen MR) is 73.0 cm³/mol. The van der Waals surface area contributed by atoms with Crippen LogP contribution in [0.25, 0.3) is 0 Å². The molecule has 0 heteroatoms. The molecule has 0 N–H and O–H groups in total. The maximum Gasteiger partial charge on any atom is -0.0159 e. The highest BCUT2D eigenvalue weighted by Gasteiger charge is 2.39. The van der Waals surface area contributed by atoms with Gasteiger partial charge in [-0.2, -0.15) is 0 Å². The van der Waals surface area contributed by atoms with E-state index in [0.29, 0.717) is 0 Å². The lowest BCUT2D eigenvalue weighted by Crippen LogP contribution is -2.22. The Morgan fingerprint density at radius 1 is 0.941 bits per heavy atom. The van der Waals surface area contributed by atoms with Crippen molar-refractivity contribution in [2.75, 3.05) is 0 Å². The second-order valence-corrected chi connectivity index (χ2v) is 6.15. The van der Waals surface area contributed by atoms with E-state index in [2.05, 4.69) is 37.3 Å². The van der Waals surface area contributed by atoms with Gasteiger partial charge in [-0.25, -0.2) is 0 Å². The summed E-state index contributed by atoms with van der Waals surface area (Å²) in [5.74, 6) is 3.84. The third-order valence-electron chi connectivity index (χ3n) is 5.36. The Balaban J connectivity index is 1.76. The van der Waals surface area contributed by atoms with Crippen LogP contribution in [-0.4, -0.2) is 0 Å². The van der Waals surface area contributed by atoms with Crippen LogP contribution in [0.4, 0.5) is 0 Å². The van der Waals surface area contributed by atoms with Gasteiger partial charge in [0.05, 0.1) is 0 Å². The fraction of sp³-hybridized carbons (Fsp3) is 0.647. The van der Waals surface area contributed by atoms with Crippen LogP contribution in [0.15, 0.2) is 30.3 Å². The lowest BCUT2D eigenvalue weighted by molar-refractivity contribution is 0.211. The van der Waals surface area contributed by atoms with Crippen molar-refractivity contribution in [3.8, 4) is 0 Å². The predicted octanol–water partition coefficient (Wildman–Crippen LogP) is 5.01. The molecule has 1 aromatic carbocycles. The molecular weight excluding hydrogens is 204 g/mol. The molecule has 0 aromatic heterocycles. The largest absolute Gasteiger partial charge is 0.0622 e. The fourth-order valence-electron chi connectivity index (χ4n) is 4.40. The van der Waals surface area contributed by atoms with Crippen LogP contribution in [0.2, 0.25) is 0 Å². The molecule has 17 heavy (non-hydrogen) atoms. The monoisotopic (exact) mass is 228 g/mol. The molecule has 2 saturated carbocycles. The quantitative estimate of drug-likeness (QED) is 0.667. The zero-order valence-corrected chi connectivity index (χ0v) is 10.9. The van der Waals surface area contributed by atoms with Crippen LogP contribution in [0, 0.1) is 17.8 Å². The van der Waals surface area contributed by atoms with Crippen LogP contribution < -0.4 is 0 Å². The van der Waals surface area contributed by atoms with Gasteiger partial charge >= 0.3 is 0 Å². The Hall–Kier alpha value is -0.780. The minimum atomic E-state index is 0.768. The zero-order valence-electron chi connectivity index (χ0n) is 10.9. The molecule has 0 aliphatic heterocycles. The molecule has 3 rings (SSSR count). The van der Waals surface area contributed by atoms with Gasteiger partial charge < -0.3 is 0 Å². The number of hydrogen-bond acceptors (Lipinski definition) is 0. The van der Waals surface area contributed by atoms with Gasteiger partial charge in [0.2, 0.25) is 0 Å². The van der Waals surface area contributed by atoms with E-state index in [1.165, 1.54) is 38.5 Å². The molecule has 0 spiro atoms. The molecule has 1 aromatic rings. The van der Waals surface area contributed by atoms with E-state index < -0.39 is 0 Å². The first-order chi connectivity index (χ1) is 8.36. The van der Waals surface area contributed by atoms with E-state index in [-0.39, 0.29) is 0 Å². The molecule has 0 saturated heterocycles. The van der Waals surface area contributed by atoms with Crippen LogP contribution in [0.5, 0.6) is 0 Å². The maximum atomic E-state index is 2.46. The third-order valence-corrected chi connectivity index (χ3v) is 5.36. The summed E-state index contributed by atoms with van der Waals surface area (Å²) in [4.78, 5) is 0. The Kier molecular flexibility index (Phi) is 3.22. The molecule has 0 nitrogen and oxygen atoms in total. The van der Waals surface area contributed by atoms with E-state index >= 15 is 0 Å². The Morgan fingerprint density at radius 2 is 1.71 bits per heavy atom. The fourth-order valence-corrected chi connectivity index (χ4v) is 4.40. The van der Waals surface area contributed by atoms with Crippen LogP contribution in [0.3, 0.4) is 0 Å². The van der Waals surface area contributed by atoms with Crippen LogP contribution in [0.1, 0.15) is 56.9 Å². The third kappa shape index (κ3) is 2.14. The minimum absolute atomic E-state index is 0.768. The smallest absolute Gasteiger partial charge is 0.0159 e. The second-order valence-electron chi connectivity index (χ2n) is 6.15. The standard InChI is InChI=1S/C17H24/c1-13(14-7-3-2-4-8-14)16-12-11-15-9-5-6-10-17(15)16/h2-4,7-8,13,15-17H,5-6,9-12H2,1H3. The highest BCUT2D eigenvalue weighted by atomic mass is 14.4. The Morgan fingerprint density at radius 3 is 2.53 bits per heavy atom. The van der Waals surface area contributed by atoms with Gasteiger partial charge in [0.25, 0.3) is 0 Å². The van der Waals surface area contributed by atoms with Crippen molar-refractivity contribution in [2.45, 2.75) is 51.4 Å². The summed E-state index contributed by atoms with van der Waals surface area (Å²) in [5.41, 5.74) is 1.56. The molecule has 0 amide bonds. The summed E-state index contributed by atoms with van der Waals surface area (Å²) < 4.78 is 0. The topological polar surface area (TPSA) is 0 Å². The minimum Gasteiger partial charge on any atom is -0.0622 e. The van der Waals surface area contributed by atoms with Crippen molar-refractivity contribution in [3.63, 3.8) is 0 Å². The van der Waals surface area contributed by atoms with E-state index in [0.717, 1.165) is 23.7 Å². The lowest BCUT2D eigenvalue weighted by Gasteiger charge is -2.32. The van der Waals surface area contributed by atoms with Gasteiger partial charge in [-0.1, -0.05) is 56.5 Å². The highest BCUT2D eigenvalue weighted by molar-refractivity contribution is 5.20. The van der Waals surface area contributed by atoms with Crippen molar-refractivity contribution in [3.05, 3.63) is 35.9 Å². The lowest BCUT2D eigenvalue weighted by atomic mass is 9.73. The first-order valence-corrected chi connectivity index (χ1v) is 7.41. The molecule has 0 bridgehead atoms. The number of rotatable bonds is 2. The van der Waals surface area contributed by atoms with Crippen molar-refractivity contribution in [1.82, 2.24) is 0 Å². The normalized spacial score (nSPS) is 34.3. The molecule has 4 unspecified atom stereocenters. The molecule has 2 aliphatic carbocycles. The first-order valence-electron chi connectivity index (χ1n) is 7.41. The van der Waals surface area contributed by atoms with E-state index in [1.54, 1.807) is 5.56 Å². The zero-order chi connectivity index (χ0) is 11.7. The van der Waals surface area contributed by atoms with Crippen LogP contribution in [-0.2, 0) is 0 Å². The summed E-state index contributed by atoms with van der Waals surface area (Å²) in [7, 11) is 0. The highest BCUT2D eigenvalue weighted by Crippen LogP contribution is 2.50. The summed E-state index contributed by atoms with van der Waals surface area (Å²) >= 11 is 0. The molecule has 92 valence electrons. The van der Waals surface area contributed by atoms with Gasteiger partial charge in [-0.05, 0) is 48.5 Å². The van der Waals surface area contributed by atoms with Gasteiger partial charge in [-0.3, -0.25) is 0 Å². The number of hydrogen-bond donors (Lipinski definition) is 0. The van der Waals surface area contributed by atoms with E-state index in [4.69, 9.17) is 0 Å². The Bertz CT molecular complexity index is 354. The molecule has 0 radical (unpaired) electrons. The molecular formula is C17H24. The summed E-state index contributed by atoms with van der Waals surface area (Å²) in [6, 6.07) is 11.2. The number of fused-ring (bicyclic) bond motifs is 1. The van der Waals surface area contributed by atoms with Gasteiger partial charge in [0.1, 0.15) is 0 Å². The van der Waals surface area contributed by atoms with Crippen molar-refractivity contribution in [2.24, 2.45) is 17.8 Å². The first kappa shape index (κ1) is 11.3. The van der Waals surface area contributed by atoms with Gasteiger partial charge in [0.15, 0.2) is 0 Å². The van der Waals surface area contributed by atoms with Gasteiger partial charge in [0, 0.05) is 0 Å². The van der Waals surface area contributed by atoms with Crippen molar-refractivity contribution < 1.29 is 0 Å². The molecule has 2 fully saturated rings. The molecule has 0 heterocycles. The SMILES string of the molecule is CC(c1ccccc1)C1CCC2CCCCC21. The van der Waals surface area contributed by atoms with Crippen LogP contribution >= 0.6 is 0 Å². The average molecular weight is 228 g/mol. The average Bonchev–Trinajstić information content (AvgIpc) is 2.83. The van der Waals surface area contributed by atoms with Gasteiger partial charge in [-0.15, -0.1) is 0 Å². The van der Waals surface area contributed by atoms with E-state index in [9.17, 15) is 0 Å². The summed E-state index contributed by atoms with van der Waals surface area (Å²) in [6.45, 7) is 2.46. The maximum absolute atomic E-state index is 2.46. The summed E-state index contributed by atoms with van der Waals surface area (Å²) in [6.07, 6.45) is 8.99. The summed E-state index contributed by atoms with van der Waals surface area (Å²) in [5, 5.41) is 0. The molecule has 4 atom stereocenters. The van der Waals surface area contributed by atoms with Crippen molar-refractivity contribution >= 4 is 0 Å². The second kappa shape index (κ2) is 4.84.